The number of nitrogens with zero attached hydrogens (tertiary/aromatic N) is 3. The minimum absolute atomic E-state index is 0.186. The number of anilines is 8. The van der Waals surface area contributed by atoms with Crippen LogP contribution in [0, 0.1) is 11.8 Å². The molecule has 0 amide bonds. The molecule has 65 heavy (non-hydrogen) atoms. The van der Waals surface area contributed by atoms with Crippen molar-refractivity contribution in [2.24, 2.45) is 11.8 Å². The van der Waals surface area contributed by atoms with Gasteiger partial charge in [-0.2, -0.15) is 0 Å². The third-order valence-corrected chi connectivity index (χ3v) is 15.6. The van der Waals surface area contributed by atoms with Gasteiger partial charge in [0.2, 0.25) is 0 Å². The smallest absolute Gasteiger partial charge is 0.0781 e. The van der Waals surface area contributed by atoms with E-state index in [2.05, 4.69) is 239 Å². The molecule has 0 N–H and O–H groups in total. The zero-order valence-corrected chi connectivity index (χ0v) is 35.8. The van der Waals surface area contributed by atoms with Gasteiger partial charge < -0.3 is 14.7 Å². The highest BCUT2D eigenvalue weighted by Crippen LogP contribution is 2.71. The van der Waals surface area contributed by atoms with Crippen LogP contribution in [-0.4, -0.2) is 5.54 Å². The van der Waals surface area contributed by atoms with Crippen LogP contribution in [0.1, 0.15) is 29.5 Å². The highest BCUT2D eigenvalue weighted by molar-refractivity contribution is 6.09. The maximum Gasteiger partial charge on any atom is 0.0781 e. The van der Waals surface area contributed by atoms with Crippen molar-refractivity contribution in [2.75, 3.05) is 14.7 Å². The van der Waals surface area contributed by atoms with Crippen LogP contribution in [0.2, 0.25) is 0 Å². The molecule has 7 aliphatic rings. The third-order valence-electron chi connectivity index (χ3n) is 15.6. The zero-order valence-electron chi connectivity index (χ0n) is 35.8. The number of rotatable bonds is 3. The summed E-state index contributed by atoms with van der Waals surface area (Å²) in [5.41, 5.74) is 23.2. The molecule has 3 heteroatoms. The molecule has 4 atom stereocenters. The van der Waals surface area contributed by atoms with Crippen molar-refractivity contribution in [3.8, 4) is 33.4 Å². The van der Waals surface area contributed by atoms with Gasteiger partial charge in [-0.15, -0.1) is 0 Å². The lowest BCUT2D eigenvalue weighted by atomic mass is 9.84. The molecule has 4 unspecified atom stereocenters. The van der Waals surface area contributed by atoms with E-state index in [4.69, 9.17) is 0 Å². The highest BCUT2D eigenvalue weighted by atomic mass is 15.3. The molecule has 3 aliphatic heterocycles. The molecular weight excluding hydrogens is 787 g/mol. The largest absolute Gasteiger partial charge is 0.330 e. The van der Waals surface area contributed by atoms with Gasteiger partial charge in [-0.3, -0.25) is 0 Å². The maximum absolute atomic E-state index is 2.72. The maximum atomic E-state index is 2.72. The third kappa shape index (κ3) is 4.75. The Hall–Kier alpha value is -7.88. The molecule has 3 nitrogen and oxygen atoms in total. The lowest BCUT2D eigenvalue weighted by molar-refractivity contribution is 0.695. The Bertz CT molecular complexity index is 3450. The molecule has 0 aromatic heterocycles. The molecule has 0 bridgehead atoms. The van der Waals surface area contributed by atoms with Crippen molar-refractivity contribution in [3.63, 3.8) is 0 Å². The minimum atomic E-state index is -0.313. The van der Waals surface area contributed by atoms with E-state index < -0.39 is 0 Å². The van der Waals surface area contributed by atoms with Gasteiger partial charge in [0.15, 0.2) is 0 Å². The van der Waals surface area contributed by atoms with Gasteiger partial charge in [0.05, 0.1) is 39.7 Å². The van der Waals surface area contributed by atoms with E-state index in [9.17, 15) is 0 Å². The average Bonchev–Trinajstić information content (AvgIpc) is 4.29. The van der Waals surface area contributed by atoms with Crippen LogP contribution in [0.3, 0.4) is 0 Å². The summed E-state index contributed by atoms with van der Waals surface area (Å²) in [5, 5.41) is 0. The summed E-state index contributed by atoms with van der Waals surface area (Å²) in [7, 11) is 0. The van der Waals surface area contributed by atoms with Crippen LogP contribution >= 0.6 is 0 Å². The topological polar surface area (TPSA) is 9.72 Å². The van der Waals surface area contributed by atoms with Gasteiger partial charge in [-0.1, -0.05) is 176 Å². The van der Waals surface area contributed by atoms with Crippen molar-refractivity contribution in [1.29, 1.82) is 0 Å². The average molecular weight is 830 g/mol. The quantitative estimate of drug-likeness (QED) is 0.176. The molecule has 0 saturated heterocycles. The summed E-state index contributed by atoms with van der Waals surface area (Å²) in [4.78, 5) is 7.84. The van der Waals surface area contributed by atoms with Crippen LogP contribution in [-0.2, 0) is 5.41 Å². The Kier molecular flexibility index (Phi) is 7.04. The molecule has 2 saturated carbocycles. The van der Waals surface area contributed by atoms with Gasteiger partial charge in [0.1, 0.15) is 0 Å². The summed E-state index contributed by atoms with van der Waals surface area (Å²) in [6.07, 6.45) is 16.6. The molecule has 4 aliphatic carbocycles. The molecular formula is C62H43N3. The summed E-state index contributed by atoms with van der Waals surface area (Å²) >= 11 is 0. The normalized spacial score (nSPS) is 22.7. The molecule has 8 aromatic carbocycles. The van der Waals surface area contributed by atoms with Gasteiger partial charge in [0.25, 0.3) is 0 Å². The van der Waals surface area contributed by atoms with E-state index in [-0.39, 0.29) is 11.0 Å². The number of hydrogen-bond acceptors (Lipinski definition) is 3. The van der Waals surface area contributed by atoms with Crippen molar-refractivity contribution in [2.45, 2.75) is 23.8 Å². The standard InChI is InChI=1S/C62H43N3/c1-2-18-45-44(17-1)47-20-4-10-26-55(47)63(56-27-11-5-21-48(45)56)41-36-42(64-57-28-12-6-23-50(57)51-32-31-40-35-53(40)60(51)52-24-8-13-29-58(52)64)38-43(37-41)65-59-30-14-7-22-49(59)46-19-3-9-25-54(46)61-33-15-16-34-62(61,65)39-61/h1-34,36-38,40,53H,35,39H2. The second kappa shape index (κ2) is 12.9. The zero-order chi connectivity index (χ0) is 42.4. The molecule has 3 heterocycles. The first-order valence-electron chi connectivity index (χ1n) is 23.2. The summed E-state index contributed by atoms with van der Waals surface area (Å²) in [5.74, 6) is 1.16. The first-order valence-corrected chi connectivity index (χ1v) is 23.2. The monoisotopic (exact) mass is 829 g/mol. The van der Waals surface area contributed by atoms with E-state index in [0.717, 1.165) is 34.9 Å². The first kappa shape index (κ1) is 35.6. The van der Waals surface area contributed by atoms with E-state index in [0.29, 0.717) is 11.8 Å². The van der Waals surface area contributed by atoms with Gasteiger partial charge >= 0.3 is 0 Å². The lowest BCUT2D eigenvalue weighted by Gasteiger charge is -2.38. The Morgan fingerprint density at radius 3 is 1.52 bits per heavy atom. The van der Waals surface area contributed by atoms with Crippen LogP contribution in [0.5, 0.6) is 0 Å². The summed E-state index contributed by atoms with van der Waals surface area (Å²) < 4.78 is 0. The van der Waals surface area contributed by atoms with E-state index in [1.165, 1.54) is 84.7 Å². The van der Waals surface area contributed by atoms with Crippen LogP contribution < -0.4 is 14.7 Å². The van der Waals surface area contributed by atoms with Crippen molar-refractivity contribution < 1.29 is 0 Å². The van der Waals surface area contributed by atoms with Crippen LogP contribution in [0.15, 0.2) is 225 Å². The Labute approximate surface area is 379 Å². The predicted molar refractivity (Wildman–Crippen MR) is 269 cm³/mol. The summed E-state index contributed by atoms with van der Waals surface area (Å²) in [6.45, 7) is 0. The molecule has 2 fully saturated rings. The fourth-order valence-corrected chi connectivity index (χ4v) is 12.8. The number of hydrogen-bond donors (Lipinski definition) is 0. The number of allylic oxidation sites excluding steroid dienone is 6. The molecule has 0 spiro atoms. The van der Waals surface area contributed by atoms with Crippen molar-refractivity contribution in [3.05, 3.63) is 241 Å². The van der Waals surface area contributed by atoms with Crippen LogP contribution in [0.25, 0.3) is 44.5 Å². The Morgan fingerprint density at radius 1 is 0.415 bits per heavy atom. The second-order valence-electron chi connectivity index (χ2n) is 18.9. The van der Waals surface area contributed by atoms with Gasteiger partial charge in [-0.25, -0.2) is 0 Å². The van der Waals surface area contributed by atoms with Crippen LogP contribution in [0.4, 0.5) is 45.5 Å². The van der Waals surface area contributed by atoms with Gasteiger partial charge in [-0.05, 0) is 107 Å². The minimum Gasteiger partial charge on any atom is -0.330 e. The van der Waals surface area contributed by atoms with Crippen molar-refractivity contribution >= 4 is 56.6 Å². The molecule has 0 radical (unpaired) electrons. The Balaban J connectivity index is 1.05. The number of para-hydroxylation sites is 5. The van der Waals surface area contributed by atoms with E-state index >= 15 is 0 Å². The number of fused-ring (bicyclic) bond motifs is 14. The summed E-state index contributed by atoms with van der Waals surface area (Å²) in [6, 6.07) is 70.9. The first-order chi connectivity index (χ1) is 32.2. The molecule has 8 aromatic rings. The Morgan fingerprint density at radius 2 is 0.877 bits per heavy atom. The van der Waals surface area contributed by atoms with Gasteiger partial charge in [0, 0.05) is 44.6 Å². The molecule has 15 rings (SSSR count). The van der Waals surface area contributed by atoms with Crippen molar-refractivity contribution in [1.82, 2.24) is 0 Å². The fourth-order valence-electron chi connectivity index (χ4n) is 12.8. The number of benzene rings is 8. The van der Waals surface area contributed by atoms with E-state index in [1.54, 1.807) is 0 Å². The SMILES string of the molecule is C1=CC23CC2(C=C1)N(c1cc(N2c4ccccc4C4=C(c5ccccc52)C2CC2C=C4)cc(N2c4ccccc4-c4ccccc4-c4ccccc42)c1)c1ccccc1-c1ccccc13. The lowest BCUT2D eigenvalue weighted by Crippen LogP contribution is -2.38. The fraction of sp³-hybridized carbons (Fsp3) is 0.0968. The second-order valence-corrected chi connectivity index (χ2v) is 18.9. The van der Waals surface area contributed by atoms with E-state index in [1.807, 2.05) is 0 Å². The predicted octanol–water partition coefficient (Wildman–Crippen LogP) is 16.0. The highest BCUT2D eigenvalue weighted by Gasteiger charge is 2.71. The molecule has 306 valence electrons.